The number of rotatable bonds is 3. The lowest BCUT2D eigenvalue weighted by molar-refractivity contribution is -0.131. The Morgan fingerprint density at radius 1 is 1.06 bits per heavy atom. The lowest BCUT2D eigenvalue weighted by Gasteiger charge is -2.15. The fraction of sp³-hybridized carbons (Fsp3) is 0.154. The molecule has 1 amide bonds. The molecule has 0 spiro atoms. The molecule has 2 aromatic carbocycles. The summed E-state index contributed by atoms with van der Waals surface area (Å²) >= 11 is 0. The van der Waals surface area contributed by atoms with Crippen LogP contribution in [0.3, 0.4) is 0 Å². The van der Waals surface area contributed by atoms with Crippen LogP contribution in [0.5, 0.6) is 5.75 Å². The Bertz CT molecular complexity index is 597. The molecule has 0 fully saturated rings. The Labute approximate surface area is 103 Å². The Morgan fingerprint density at radius 2 is 1.72 bits per heavy atom. The summed E-state index contributed by atoms with van der Waals surface area (Å²) in [4.78, 5) is 10.8. The predicted molar refractivity (Wildman–Crippen MR) is 65.8 cm³/mol. The first kappa shape index (κ1) is 12.3. The SMILES string of the molecule is NC(=O)C(O)C(O)c1ccc2ccc(O)cc2c1. The number of fused-ring (bicyclic) bond motifs is 1. The third-order valence-corrected chi connectivity index (χ3v) is 2.78. The summed E-state index contributed by atoms with van der Waals surface area (Å²) in [6, 6.07) is 9.72. The van der Waals surface area contributed by atoms with Gasteiger partial charge in [-0.1, -0.05) is 18.2 Å². The zero-order chi connectivity index (χ0) is 13.3. The molecule has 5 N–H and O–H groups in total. The van der Waals surface area contributed by atoms with Crippen LogP contribution in [0.2, 0.25) is 0 Å². The molecule has 0 radical (unpaired) electrons. The summed E-state index contributed by atoms with van der Waals surface area (Å²) in [5.41, 5.74) is 5.28. The molecule has 2 atom stereocenters. The van der Waals surface area contributed by atoms with Gasteiger partial charge in [0.05, 0.1) is 0 Å². The van der Waals surface area contributed by atoms with Crippen LogP contribution in [0.1, 0.15) is 11.7 Å². The molecule has 0 saturated heterocycles. The van der Waals surface area contributed by atoms with Crippen molar-refractivity contribution >= 4 is 16.7 Å². The maximum atomic E-state index is 10.8. The molecular formula is C13H13NO4. The molecule has 2 aromatic rings. The van der Waals surface area contributed by atoms with E-state index in [0.717, 1.165) is 5.39 Å². The van der Waals surface area contributed by atoms with Crippen LogP contribution >= 0.6 is 0 Å². The average Bonchev–Trinajstić information content (AvgIpc) is 2.35. The zero-order valence-corrected chi connectivity index (χ0v) is 9.45. The molecule has 0 saturated carbocycles. The van der Waals surface area contributed by atoms with E-state index in [-0.39, 0.29) is 5.75 Å². The van der Waals surface area contributed by atoms with Crippen LogP contribution in [0, 0.1) is 0 Å². The summed E-state index contributed by atoms with van der Waals surface area (Å²) in [5, 5.41) is 30.1. The van der Waals surface area contributed by atoms with E-state index in [1.807, 2.05) is 0 Å². The van der Waals surface area contributed by atoms with Gasteiger partial charge in [-0.15, -0.1) is 0 Å². The van der Waals surface area contributed by atoms with E-state index in [4.69, 9.17) is 5.73 Å². The standard InChI is InChI=1S/C13H13NO4/c14-13(18)12(17)11(16)8-2-1-7-3-4-10(15)6-9(7)5-8/h1-6,11-12,15-17H,(H2,14,18). The van der Waals surface area contributed by atoms with Gasteiger partial charge in [0.1, 0.15) is 11.9 Å². The summed E-state index contributed by atoms with van der Waals surface area (Å²) in [6.07, 6.45) is -3.03. The Balaban J connectivity index is 2.43. The third-order valence-electron chi connectivity index (χ3n) is 2.78. The molecule has 0 aromatic heterocycles. The lowest BCUT2D eigenvalue weighted by atomic mass is 10.00. The fourth-order valence-electron chi connectivity index (χ4n) is 1.77. The molecule has 94 valence electrons. The average molecular weight is 247 g/mol. The van der Waals surface area contributed by atoms with Gasteiger partial charge in [0, 0.05) is 0 Å². The Kier molecular flexibility index (Phi) is 3.18. The number of aliphatic hydroxyl groups is 2. The molecule has 0 aliphatic heterocycles. The highest BCUT2D eigenvalue weighted by Crippen LogP contribution is 2.25. The van der Waals surface area contributed by atoms with Crippen LogP contribution in [-0.2, 0) is 4.79 Å². The van der Waals surface area contributed by atoms with Crippen LogP contribution in [0.4, 0.5) is 0 Å². The van der Waals surface area contributed by atoms with Crippen LogP contribution < -0.4 is 5.73 Å². The van der Waals surface area contributed by atoms with E-state index in [9.17, 15) is 20.1 Å². The number of aromatic hydroxyl groups is 1. The third kappa shape index (κ3) is 2.27. The van der Waals surface area contributed by atoms with Crippen molar-refractivity contribution in [1.29, 1.82) is 0 Å². The second-order valence-corrected chi connectivity index (χ2v) is 4.08. The van der Waals surface area contributed by atoms with Gasteiger partial charge in [-0.2, -0.15) is 0 Å². The van der Waals surface area contributed by atoms with Crippen molar-refractivity contribution in [3.63, 3.8) is 0 Å². The van der Waals surface area contributed by atoms with Crippen molar-refractivity contribution in [2.45, 2.75) is 12.2 Å². The number of benzene rings is 2. The Morgan fingerprint density at radius 3 is 2.39 bits per heavy atom. The first-order valence-electron chi connectivity index (χ1n) is 5.37. The summed E-state index contributed by atoms with van der Waals surface area (Å²) in [5.74, 6) is -0.886. The van der Waals surface area contributed by atoms with E-state index < -0.39 is 18.1 Å². The first-order valence-corrected chi connectivity index (χ1v) is 5.37. The second kappa shape index (κ2) is 4.64. The molecule has 0 bridgehead atoms. The van der Waals surface area contributed by atoms with Crippen molar-refractivity contribution in [1.82, 2.24) is 0 Å². The monoisotopic (exact) mass is 247 g/mol. The number of phenols is 1. The van der Waals surface area contributed by atoms with Gasteiger partial charge in [-0.05, 0) is 34.5 Å². The molecular weight excluding hydrogens is 234 g/mol. The highest BCUT2D eigenvalue weighted by atomic mass is 16.3. The number of aliphatic hydroxyl groups excluding tert-OH is 2. The van der Waals surface area contributed by atoms with E-state index in [1.54, 1.807) is 30.3 Å². The second-order valence-electron chi connectivity index (χ2n) is 4.08. The van der Waals surface area contributed by atoms with Gasteiger partial charge in [0.25, 0.3) is 0 Å². The predicted octanol–water partition coefficient (Wildman–Crippen LogP) is 0.425. The molecule has 2 unspecified atom stereocenters. The Hall–Kier alpha value is -2.11. The quantitative estimate of drug-likeness (QED) is 0.631. The van der Waals surface area contributed by atoms with Gasteiger partial charge >= 0.3 is 0 Å². The summed E-state index contributed by atoms with van der Waals surface area (Å²) in [6.45, 7) is 0. The highest BCUT2D eigenvalue weighted by molar-refractivity contribution is 5.85. The van der Waals surface area contributed by atoms with Gasteiger partial charge in [-0.25, -0.2) is 0 Å². The largest absolute Gasteiger partial charge is 0.508 e. The van der Waals surface area contributed by atoms with Crippen LogP contribution in [0.15, 0.2) is 36.4 Å². The van der Waals surface area contributed by atoms with Crippen LogP contribution in [0.25, 0.3) is 10.8 Å². The minimum Gasteiger partial charge on any atom is -0.508 e. The number of carbonyl (C=O) groups excluding carboxylic acids is 1. The van der Waals surface area contributed by atoms with Crippen molar-refractivity contribution in [2.75, 3.05) is 0 Å². The molecule has 5 heteroatoms. The number of hydrogen-bond donors (Lipinski definition) is 4. The van der Waals surface area contributed by atoms with Crippen molar-refractivity contribution in [3.8, 4) is 5.75 Å². The summed E-state index contributed by atoms with van der Waals surface area (Å²) < 4.78 is 0. The molecule has 0 heterocycles. The summed E-state index contributed by atoms with van der Waals surface area (Å²) in [7, 11) is 0. The molecule has 0 aliphatic rings. The normalized spacial score (nSPS) is 14.3. The van der Waals surface area contributed by atoms with Crippen molar-refractivity contribution in [3.05, 3.63) is 42.0 Å². The maximum absolute atomic E-state index is 10.8. The van der Waals surface area contributed by atoms with Gasteiger partial charge in [-0.3, -0.25) is 4.79 Å². The molecule has 2 rings (SSSR count). The van der Waals surface area contributed by atoms with Crippen molar-refractivity contribution in [2.24, 2.45) is 5.73 Å². The molecule has 18 heavy (non-hydrogen) atoms. The number of nitrogens with two attached hydrogens (primary N) is 1. The van der Waals surface area contributed by atoms with Gasteiger partial charge < -0.3 is 21.1 Å². The number of phenolic OH excluding ortho intramolecular Hbond substituents is 1. The van der Waals surface area contributed by atoms with Crippen LogP contribution in [-0.4, -0.2) is 27.3 Å². The van der Waals surface area contributed by atoms with Gasteiger partial charge in [0.15, 0.2) is 6.10 Å². The number of hydrogen-bond acceptors (Lipinski definition) is 4. The van der Waals surface area contributed by atoms with E-state index in [0.29, 0.717) is 10.9 Å². The minimum absolute atomic E-state index is 0.101. The van der Waals surface area contributed by atoms with E-state index in [2.05, 4.69) is 0 Å². The van der Waals surface area contributed by atoms with Crippen molar-refractivity contribution < 1.29 is 20.1 Å². The number of primary amides is 1. The number of carbonyl (C=O) groups is 1. The van der Waals surface area contributed by atoms with E-state index in [1.165, 1.54) is 6.07 Å². The molecule has 5 nitrogen and oxygen atoms in total. The topological polar surface area (TPSA) is 104 Å². The highest BCUT2D eigenvalue weighted by Gasteiger charge is 2.23. The molecule has 0 aliphatic carbocycles. The zero-order valence-electron chi connectivity index (χ0n) is 9.45. The minimum atomic E-state index is -1.65. The van der Waals surface area contributed by atoms with E-state index >= 15 is 0 Å². The number of amides is 1. The van der Waals surface area contributed by atoms with Gasteiger partial charge in [0.2, 0.25) is 5.91 Å². The first-order chi connectivity index (χ1) is 8.49. The lowest BCUT2D eigenvalue weighted by Crippen LogP contribution is -2.33. The fourth-order valence-corrected chi connectivity index (χ4v) is 1.77. The smallest absolute Gasteiger partial charge is 0.249 e. The maximum Gasteiger partial charge on any atom is 0.249 e.